The number of hydrogen-bond acceptors (Lipinski definition) is 6. The third-order valence-corrected chi connectivity index (χ3v) is 5.43. The first-order valence-electron chi connectivity index (χ1n) is 10.1. The molecule has 11 heteroatoms. The molecule has 1 amide bonds. The lowest BCUT2D eigenvalue weighted by atomic mass is 9.98. The van der Waals surface area contributed by atoms with Gasteiger partial charge in [0, 0.05) is 31.9 Å². The van der Waals surface area contributed by atoms with Crippen molar-refractivity contribution in [2.75, 3.05) is 11.9 Å². The van der Waals surface area contributed by atoms with Crippen molar-refractivity contribution in [2.24, 2.45) is 7.05 Å². The number of alkyl halides is 3. The number of aromatic nitrogens is 4. The molecule has 1 fully saturated rings. The third kappa shape index (κ3) is 5.22. The molecule has 2 aromatic heterocycles. The van der Waals surface area contributed by atoms with Crippen LogP contribution in [0.25, 0.3) is 5.57 Å². The van der Waals surface area contributed by atoms with E-state index in [2.05, 4.69) is 25.1 Å². The van der Waals surface area contributed by atoms with Gasteiger partial charge in [-0.15, -0.1) is 13.2 Å². The molecular weight excluding hydrogens is 413 g/mol. The van der Waals surface area contributed by atoms with Gasteiger partial charge in [-0.25, -0.2) is 9.97 Å². The van der Waals surface area contributed by atoms with E-state index in [1.54, 1.807) is 17.1 Å². The molecule has 2 atom stereocenters. The fraction of sp³-hybridized carbons (Fsp3) is 0.500. The van der Waals surface area contributed by atoms with E-state index in [4.69, 9.17) is 0 Å². The van der Waals surface area contributed by atoms with Gasteiger partial charge < -0.3 is 10.2 Å². The van der Waals surface area contributed by atoms with Gasteiger partial charge in [0.05, 0.1) is 30.2 Å². The molecule has 2 aliphatic heterocycles. The molecule has 2 bridgehead atoms. The van der Waals surface area contributed by atoms with Crippen LogP contribution in [0.5, 0.6) is 0 Å². The van der Waals surface area contributed by atoms with Crippen LogP contribution in [-0.2, 0) is 16.6 Å². The summed E-state index contributed by atoms with van der Waals surface area (Å²) in [5.41, 5.74) is 2.63. The number of halogens is 3. The highest BCUT2D eigenvalue weighted by molar-refractivity contribution is 5.80. The van der Waals surface area contributed by atoms with Crippen LogP contribution in [0, 0.1) is 0 Å². The van der Waals surface area contributed by atoms with E-state index in [1.807, 2.05) is 30.3 Å². The smallest absolute Gasteiger partial charge is 0.333 e. The van der Waals surface area contributed by atoms with Crippen LogP contribution in [-0.4, -0.2) is 55.6 Å². The highest BCUT2D eigenvalue weighted by Gasteiger charge is 2.39. The standard InChI is InChI=1S/C20H23F3N6O2/c1-28-12-14(11-25-28)26-19-24-7-6-17(27-19)13-9-15-4-5-16(10-13)29(15)18(30)3-2-8-31-20(21,22)23/h6-7,9,11-12,15-16H,2-5,8,10H2,1H3,(H,24,26,27). The van der Waals surface area contributed by atoms with E-state index in [0.29, 0.717) is 12.4 Å². The first-order chi connectivity index (χ1) is 14.8. The van der Waals surface area contributed by atoms with Crippen LogP contribution in [0.1, 0.15) is 37.8 Å². The number of rotatable bonds is 7. The summed E-state index contributed by atoms with van der Waals surface area (Å²) in [6.45, 7) is -0.507. The summed E-state index contributed by atoms with van der Waals surface area (Å²) in [6.07, 6.45) is 5.01. The summed E-state index contributed by atoms with van der Waals surface area (Å²) in [5, 5.41) is 7.22. The number of carbonyl (C=O) groups excluding carboxylic acids is 1. The van der Waals surface area contributed by atoms with E-state index in [1.165, 1.54) is 0 Å². The second-order valence-corrected chi connectivity index (χ2v) is 7.69. The van der Waals surface area contributed by atoms with Gasteiger partial charge in [0.2, 0.25) is 11.9 Å². The Morgan fingerprint density at radius 1 is 1.35 bits per heavy atom. The van der Waals surface area contributed by atoms with Crippen molar-refractivity contribution in [3.8, 4) is 0 Å². The number of anilines is 2. The highest BCUT2D eigenvalue weighted by atomic mass is 19.4. The summed E-state index contributed by atoms with van der Waals surface area (Å²) >= 11 is 0. The van der Waals surface area contributed by atoms with Gasteiger partial charge in [-0.3, -0.25) is 14.2 Å². The number of aryl methyl sites for hydroxylation is 1. The van der Waals surface area contributed by atoms with Crippen molar-refractivity contribution in [1.29, 1.82) is 0 Å². The summed E-state index contributed by atoms with van der Waals surface area (Å²) in [5.74, 6) is 0.331. The number of ether oxygens (including phenoxy) is 1. The SMILES string of the molecule is Cn1cc(Nc2nccc(C3=CC4CCC(C3)N4C(=O)CCCOC(F)(F)F)n2)cn1. The summed E-state index contributed by atoms with van der Waals surface area (Å²) in [6, 6.07) is 1.81. The molecule has 0 aliphatic carbocycles. The number of nitrogens with one attached hydrogen (secondary N) is 1. The fourth-order valence-corrected chi connectivity index (χ4v) is 4.16. The van der Waals surface area contributed by atoms with Crippen LogP contribution < -0.4 is 5.32 Å². The van der Waals surface area contributed by atoms with Crippen molar-refractivity contribution < 1.29 is 22.7 Å². The Hall–Kier alpha value is -2.95. The third-order valence-electron chi connectivity index (χ3n) is 5.43. The topological polar surface area (TPSA) is 85.2 Å². The first kappa shape index (κ1) is 21.3. The normalized spacial score (nSPS) is 20.6. The number of nitrogens with zero attached hydrogens (tertiary/aromatic N) is 5. The molecule has 4 rings (SSSR count). The average molecular weight is 436 g/mol. The molecule has 0 spiro atoms. The molecule has 0 radical (unpaired) electrons. The zero-order valence-electron chi connectivity index (χ0n) is 17.0. The lowest BCUT2D eigenvalue weighted by Gasteiger charge is -2.34. The molecule has 2 aliphatic rings. The van der Waals surface area contributed by atoms with Gasteiger partial charge in [0.15, 0.2) is 0 Å². The van der Waals surface area contributed by atoms with Crippen molar-refractivity contribution in [2.45, 2.75) is 50.6 Å². The Morgan fingerprint density at radius 2 is 2.19 bits per heavy atom. The van der Waals surface area contributed by atoms with Crippen LogP contribution in [0.3, 0.4) is 0 Å². The van der Waals surface area contributed by atoms with Crippen LogP contribution in [0.15, 0.2) is 30.7 Å². The minimum absolute atomic E-state index is 0.0331. The maximum atomic E-state index is 12.6. The lowest BCUT2D eigenvalue weighted by Crippen LogP contribution is -2.43. The molecule has 4 heterocycles. The number of carbonyl (C=O) groups is 1. The molecule has 31 heavy (non-hydrogen) atoms. The Morgan fingerprint density at radius 3 is 2.90 bits per heavy atom. The quantitative estimate of drug-likeness (QED) is 0.670. The summed E-state index contributed by atoms with van der Waals surface area (Å²) < 4.78 is 41.7. The molecule has 1 saturated heterocycles. The maximum absolute atomic E-state index is 12.6. The molecule has 0 saturated carbocycles. The fourth-order valence-electron chi connectivity index (χ4n) is 4.16. The number of fused-ring (bicyclic) bond motifs is 2. The molecule has 8 nitrogen and oxygen atoms in total. The largest absolute Gasteiger partial charge is 0.522 e. The van der Waals surface area contributed by atoms with Crippen LogP contribution >= 0.6 is 0 Å². The predicted octanol–water partition coefficient (Wildman–Crippen LogP) is 3.42. The number of amides is 1. The van der Waals surface area contributed by atoms with Gasteiger partial charge >= 0.3 is 6.36 Å². The van der Waals surface area contributed by atoms with Gasteiger partial charge in [-0.05, 0) is 37.3 Å². The Balaban J connectivity index is 1.40. The van der Waals surface area contributed by atoms with Crippen molar-refractivity contribution in [3.63, 3.8) is 0 Å². The monoisotopic (exact) mass is 436 g/mol. The molecule has 0 aromatic carbocycles. The van der Waals surface area contributed by atoms with E-state index >= 15 is 0 Å². The summed E-state index contributed by atoms with van der Waals surface area (Å²) in [4.78, 5) is 23.3. The second kappa shape index (κ2) is 8.66. The van der Waals surface area contributed by atoms with Gasteiger partial charge in [-0.2, -0.15) is 5.10 Å². The van der Waals surface area contributed by atoms with Gasteiger partial charge in [0.1, 0.15) is 0 Å². The average Bonchev–Trinajstić information content (AvgIpc) is 3.24. The van der Waals surface area contributed by atoms with Gasteiger partial charge in [0.25, 0.3) is 0 Å². The molecule has 2 unspecified atom stereocenters. The van der Waals surface area contributed by atoms with Crippen molar-refractivity contribution in [1.82, 2.24) is 24.6 Å². The maximum Gasteiger partial charge on any atom is 0.522 e. The zero-order chi connectivity index (χ0) is 22.0. The number of hydrogen-bond donors (Lipinski definition) is 1. The van der Waals surface area contributed by atoms with E-state index in [-0.39, 0.29) is 30.8 Å². The minimum Gasteiger partial charge on any atom is -0.333 e. The molecule has 1 N–H and O–H groups in total. The first-order valence-corrected chi connectivity index (χ1v) is 10.1. The Bertz CT molecular complexity index is 974. The Kier molecular flexibility index (Phi) is 5.94. The lowest BCUT2D eigenvalue weighted by molar-refractivity contribution is -0.324. The van der Waals surface area contributed by atoms with Crippen LogP contribution in [0.2, 0.25) is 0 Å². The second-order valence-electron chi connectivity index (χ2n) is 7.69. The Labute approximate surface area is 177 Å². The van der Waals surface area contributed by atoms with Crippen molar-refractivity contribution >= 4 is 23.1 Å². The highest BCUT2D eigenvalue weighted by Crippen LogP contribution is 2.38. The zero-order valence-corrected chi connectivity index (χ0v) is 17.0. The van der Waals surface area contributed by atoms with E-state index in [9.17, 15) is 18.0 Å². The van der Waals surface area contributed by atoms with E-state index in [0.717, 1.165) is 29.8 Å². The van der Waals surface area contributed by atoms with Crippen molar-refractivity contribution in [3.05, 3.63) is 36.4 Å². The van der Waals surface area contributed by atoms with Gasteiger partial charge in [-0.1, -0.05) is 6.08 Å². The van der Waals surface area contributed by atoms with E-state index < -0.39 is 13.0 Å². The minimum atomic E-state index is -4.66. The summed E-state index contributed by atoms with van der Waals surface area (Å²) in [7, 11) is 1.82. The predicted molar refractivity (Wildman–Crippen MR) is 106 cm³/mol. The molecule has 2 aromatic rings. The van der Waals surface area contributed by atoms with Crippen LogP contribution in [0.4, 0.5) is 24.8 Å². The molecular formula is C20H23F3N6O2. The molecule has 166 valence electrons.